The maximum Gasteiger partial charge on any atom is 0.143 e. The summed E-state index contributed by atoms with van der Waals surface area (Å²) in [5, 5.41) is 6.71. The van der Waals surface area contributed by atoms with Crippen molar-refractivity contribution in [3.05, 3.63) is 65.8 Å². The van der Waals surface area contributed by atoms with Crippen molar-refractivity contribution in [1.82, 2.24) is 9.97 Å². The maximum atomic E-state index is 5.86. The van der Waals surface area contributed by atoms with Crippen molar-refractivity contribution >= 4 is 33.1 Å². The first kappa shape index (κ1) is 21.3. The highest BCUT2D eigenvalue weighted by Crippen LogP contribution is 2.37. The highest BCUT2D eigenvalue weighted by atomic mass is 32.1. The highest BCUT2D eigenvalue weighted by Gasteiger charge is 2.13. The highest BCUT2D eigenvalue weighted by molar-refractivity contribution is 7.17. The van der Waals surface area contributed by atoms with E-state index >= 15 is 0 Å². The summed E-state index contributed by atoms with van der Waals surface area (Å²) in [6, 6.07) is 16.9. The Morgan fingerprint density at radius 3 is 2.45 bits per heavy atom. The third kappa shape index (κ3) is 5.23. The van der Waals surface area contributed by atoms with Crippen LogP contribution in [0.2, 0.25) is 0 Å². The molecule has 2 aromatic carbocycles. The molecule has 0 amide bonds. The molecule has 2 aromatic heterocycles. The van der Waals surface area contributed by atoms with Gasteiger partial charge in [0.1, 0.15) is 22.7 Å². The minimum Gasteiger partial charge on any atom is -0.494 e. The van der Waals surface area contributed by atoms with Crippen LogP contribution in [0.3, 0.4) is 0 Å². The minimum atomic E-state index is 0.772. The van der Waals surface area contributed by atoms with Gasteiger partial charge >= 0.3 is 0 Å². The van der Waals surface area contributed by atoms with Crippen molar-refractivity contribution in [2.24, 2.45) is 0 Å². The van der Waals surface area contributed by atoms with Gasteiger partial charge in [-0.05, 0) is 48.2 Å². The monoisotopic (exact) mass is 431 g/mol. The zero-order valence-corrected chi connectivity index (χ0v) is 19.0. The molecule has 0 saturated heterocycles. The number of hydrogen-bond donors (Lipinski definition) is 1. The van der Waals surface area contributed by atoms with Gasteiger partial charge in [-0.25, -0.2) is 9.97 Å². The molecular formula is C26H29N3OS. The van der Waals surface area contributed by atoms with E-state index in [0.717, 1.165) is 52.5 Å². The second-order valence-corrected chi connectivity index (χ2v) is 8.52. The zero-order valence-electron chi connectivity index (χ0n) is 18.2. The van der Waals surface area contributed by atoms with Gasteiger partial charge in [-0.1, -0.05) is 57.4 Å². The molecule has 0 fully saturated rings. The number of rotatable bonds is 10. The molecule has 0 aliphatic carbocycles. The topological polar surface area (TPSA) is 47.0 Å². The summed E-state index contributed by atoms with van der Waals surface area (Å²) in [6.07, 6.45) is 7.51. The smallest absolute Gasteiger partial charge is 0.143 e. The van der Waals surface area contributed by atoms with E-state index in [9.17, 15) is 0 Å². The molecular weight excluding hydrogens is 402 g/mol. The van der Waals surface area contributed by atoms with E-state index in [2.05, 4.69) is 58.8 Å². The van der Waals surface area contributed by atoms with Crippen LogP contribution in [-0.4, -0.2) is 16.6 Å². The van der Waals surface area contributed by atoms with Crippen LogP contribution in [0.25, 0.3) is 21.3 Å². The summed E-state index contributed by atoms with van der Waals surface area (Å²) < 4.78 is 5.86. The lowest BCUT2D eigenvalue weighted by atomic mass is 10.0. The molecule has 0 aliphatic heterocycles. The maximum absolute atomic E-state index is 5.86. The number of unbranched alkanes of at least 4 members (excludes halogenated alkanes) is 3. The van der Waals surface area contributed by atoms with Crippen LogP contribution in [0, 0.1) is 0 Å². The molecule has 160 valence electrons. The first-order valence-corrected chi connectivity index (χ1v) is 12.0. The fraction of sp³-hybridized carbons (Fsp3) is 0.308. The second-order valence-electron chi connectivity index (χ2n) is 7.66. The van der Waals surface area contributed by atoms with Gasteiger partial charge in [0.05, 0.1) is 12.0 Å². The first-order valence-electron chi connectivity index (χ1n) is 11.1. The van der Waals surface area contributed by atoms with Crippen LogP contribution in [0.1, 0.15) is 45.1 Å². The Bertz CT molecular complexity index is 1100. The number of benzene rings is 2. The number of ether oxygens (including phenoxy) is 1. The normalized spacial score (nSPS) is 11.0. The molecule has 0 unspecified atom stereocenters. The average molecular weight is 432 g/mol. The van der Waals surface area contributed by atoms with Crippen LogP contribution in [0.15, 0.2) is 60.2 Å². The van der Waals surface area contributed by atoms with Crippen LogP contribution < -0.4 is 10.1 Å². The van der Waals surface area contributed by atoms with E-state index in [1.165, 1.54) is 30.4 Å². The molecule has 0 saturated carbocycles. The van der Waals surface area contributed by atoms with E-state index < -0.39 is 0 Å². The predicted octanol–water partition coefficient (Wildman–Crippen LogP) is 7.62. The molecule has 0 bridgehead atoms. The Labute approximate surface area is 188 Å². The van der Waals surface area contributed by atoms with Crippen molar-refractivity contribution in [1.29, 1.82) is 0 Å². The molecule has 0 aliphatic rings. The summed E-state index contributed by atoms with van der Waals surface area (Å²) in [4.78, 5) is 10.0. The van der Waals surface area contributed by atoms with E-state index in [1.54, 1.807) is 17.7 Å². The Hall–Kier alpha value is -2.92. The number of hydrogen-bond acceptors (Lipinski definition) is 5. The Kier molecular flexibility index (Phi) is 7.15. The summed E-state index contributed by atoms with van der Waals surface area (Å²) in [5.74, 6) is 1.73. The van der Waals surface area contributed by atoms with E-state index in [4.69, 9.17) is 4.74 Å². The second kappa shape index (κ2) is 10.4. The molecule has 1 N–H and O–H groups in total. The molecule has 5 heteroatoms. The van der Waals surface area contributed by atoms with Crippen molar-refractivity contribution in [2.75, 3.05) is 11.9 Å². The fourth-order valence-electron chi connectivity index (χ4n) is 3.59. The first-order chi connectivity index (χ1) is 15.3. The number of thiophene rings is 1. The Morgan fingerprint density at radius 1 is 0.903 bits per heavy atom. The lowest BCUT2D eigenvalue weighted by molar-refractivity contribution is 0.305. The van der Waals surface area contributed by atoms with Crippen molar-refractivity contribution < 1.29 is 4.74 Å². The van der Waals surface area contributed by atoms with Gasteiger partial charge in [0.15, 0.2) is 0 Å². The lowest BCUT2D eigenvalue weighted by Crippen LogP contribution is -1.98. The predicted molar refractivity (Wildman–Crippen MR) is 132 cm³/mol. The third-order valence-corrected chi connectivity index (χ3v) is 6.31. The number of fused-ring (bicyclic) bond motifs is 1. The zero-order chi connectivity index (χ0) is 21.5. The van der Waals surface area contributed by atoms with Gasteiger partial charge in [-0.2, -0.15) is 0 Å². The molecule has 0 spiro atoms. The molecule has 31 heavy (non-hydrogen) atoms. The summed E-state index contributed by atoms with van der Waals surface area (Å²) in [6.45, 7) is 5.17. The van der Waals surface area contributed by atoms with Crippen LogP contribution in [0.4, 0.5) is 11.5 Å². The van der Waals surface area contributed by atoms with Gasteiger partial charge in [0, 0.05) is 16.6 Å². The standard InChI is InChI=1S/C26H29N3OS/c1-3-5-6-7-16-30-22-14-12-21(13-15-22)29-25-24-23(17-31-26(24)28-18-27-25)20-10-8-19(4-2)9-11-20/h8-15,17-18H,3-7,16H2,1-2H3,(H,27,28,29). The molecule has 2 heterocycles. The van der Waals surface area contributed by atoms with Gasteiger partial charge in [-0.3, -0.25) is 0 Å². The summed E-state index contributed by atoms with van der Waals surface area (Å²) in [5.41, 5.74) is 4.67. The van der Waals surface area contributed by atoms with Crippen molar-refractivity contribution in [2.45, 2.75) is 46.0 Å². The molecule has 0 radical (unpaired) electrons. The number of aryl methyl sites for hydroxylation is 1. The Morgan fingerprint density at radius 2 is 1.71 bits per heavy atom. The Balaban J connectivity index is 1.51. The molecule has 4 rings (SSSR count). The van der Waals surface area contributed by atoms with Crippen LogP contribution >= 0.6 is 11.3 Å². The molecule has 0 atom stereocenters. The van der Waals surface area contributed by atoms with Crippen LogP contribution in [0.5, 0.6) is 5.75 Å². The largest absolute Gasteiger partial charge is 0.494 e. The average Bonchev–Trinajstić information content (AvgIpc) is 3.25. The molecule has 4 aromatic rings. The van der Waals surface area contributed by atoms with E-state index in [1.807, 2.05) is 24.3 Å². The van der Waals surface area contributed by atoms with E-state index in [-0.39, 0.29) is 0 Å². The van der Waals surface area contributed by atoms with Crippen molar-refractivity contribution in [3.63, 3.8) is 0 Å². The van der Waals surface area contributed by atoms with Crippen molar-refractivity contribution in [3.8, 4) is 16.9 Å². The van der Waals surface area contributed by atoms with Gasteiger partial charge < -0.3 is 10.1 Å². The van der Waals surface area contributed by atoms with Gasteiger partial charge in [0.2, 0.25) is 0 Å². The molecule has 4 nitrogen and oxygen atoms in total. The van der Waals surface area contributed by atoms with Gasteiger partial charge in [0.25, 0.3) is 0 Å². The lowest BCUT2D eigenvalue weighted by Gasteiger charge is -2.10. The quantitative estimate of drug-likeness (QED) is 0.262. The van der Waals surface area contributed by atoms with E-state index in [0.29, 0.717) is 0 Å². The number of nitrogens with zero attached hydrogens (tertiary/aromatic N) is 2. The fourth-order valence-corrected chi connectivity index (χ4v) is 4.51. The minimum absolute atomic E-state index is 0.772. The van der Waals surface area contributed by atoms with Gasteiger partial charge in [-0.15, -0.1) is 11.3 Å². The number of aromatic nitrogens is 2. The number of anilines is 2. The van der Waals surface area contributed by atoms with Crippen LogP contribution in [-0.2, 0) is 6.42 Å². The third-order valence-electron chi connectivity index (χ3n) is 5.43. The summed E-state index contributed by atoms with van der Waals surface area (Å²) in [7, 11) is 0. The number of nitrogens with one attached hydrogen (secondary N) is 1. The SMILES string of the molecule is CCCCCCOc1ccc(Nc2ncnc3scc(-c4ccc(CC)cc4)c23)cc1. The summed E-state index contributed by atoms with van der Waals surface area (Å²) >= 11 is 1.65.